The number of hydrogen-bond donors (Lipinski definition) is 1. The Hall–Kier alpha value is -2.90. The SMILES string of the molecule is [N-]=[N+]=NC(=Cc1cc(-c2ccco2)cc(C(F)(F)Cl)n1)C(=O)O. The zero-order chi connectivity index (χ0) is 17.0. The van der Waals surface area contributed by atoms with E-state index in [2.05, 4.69) is 15.0 Å². The Balaban J connectivity index is 2.63. The fourth-order valence-electron chi connectivity index (χ4n) is 1.68. The van der Waals surface area contributed by atoms with E-state index in [-0.39, 0.29) is 17.0 Å². The number of azide groups is 1. The minimum atomic E-state index is -3.77. The van der Waals surface area contributed by atoms with Crippen molar-refractivity contribution in [2.75, 3.05) is 0 Å². The van der Waals surface area contributed by atoms with Gasteiger partial charge in [-0.3, -0.25) is 0 Å². The van der Waals surface area contributed by atoms with Crippen molar-refractivity contribution in [2.45, 2.75) is 5.38 Å². The summed E-state index contributed by atoms with van der Waals surface area (Å²) in [5.74, 6) is -1.28. The number of carboxylic acids is 1. The fraction of sp³-hybridized carbons (Fsp3) is 0.0769. The third-order valence-corrected chi connectivity index (χ3v) is 2.79. The first-order valence-electron chi connectivity index (χ1n) is 5.94. The molecule has 0 atom stereocenters. The molecule has 0 saturated carbocycles. The zero-order valence-electron chi connectivity index (χ0n) is 11.2. The molecule has 0 aliphatic rings. The summed E-state index contributed by atoms with van der Waals surface area (Å²) in [7, 11) is 0. The molecular formula is C13H7ClF2N4O3. The van der Waals surface area contributed by atoms with Gasteiger partial charge in [0.2, 0.25) is 0 Å². The molecule has 0 saturated heterocycles. The summed E-state index contributed by atoms with van der Waals surface area (Å²) in [4.78, 5) is 16.9. The molecule has 0 spiro atoms. The van der Waals surface area contributed by atoms with Crippen molar-refractivity contribution in [2.24, 2.45) is 5.11 Å². The van der Waals surface area contributed by atoms with Crippen LogP contribution >= 0.6 is 11.6 Å². The Morgan fingerprint density at radius 3 is 2.78 bits per heavy atom. The van der Waals surface area contributed by atoms with E-state index in [4.69, 9.17) is 26.7 Å². The van der Waals surface area contributed by atoms with Crippen LogP contribution in [0.5, 0.6) is 0 Å². The first-order chi connectivity index (χ1) is 10.8. The number of pyridine rings is 1. The van der Waals surface area contributed by atoms with E-state index in [1.165, 1.54) is 18.4 Å². The molecule has 2 aromatic rings. The van der Waals surface area contributed by atoms with Crippen LogP contribution in [0, 0.1) is 0 Å². The van der Waals surface area contributed by atoms with Crippen molar-refractivity contribution in [3.8, 4) is 11.3 Å². The average molecular weight is 341 g/mol. The molecule has 1 N–H and O–H groups in total. The Morgan fingerprint density at radius 2 is 2.26 bits per heavy atom. The quantitative estimate of drug-likeness (QED) is 0.286. The van der Waals surface area contributed by atoms with E-state index in [9.17, 15) is 13.6 Å². The van der Waals surface area contributed by atoms with Crippen molar-refractivity contribution in [1.29, 1.82) is 0 Å². The summed E-state index contributed by atoms with van der Waals surface area (Å²) < 4.78 is 31.8. The van der Waals surface area contributed by atoms with Gasteiger partial charge >= 0.3 is 11.4 Å². The number of carbonyl (C=O) groups is 1. The third kappa shape index (κ3) is 4.06. The van der Waals surface area contributed by atoms with Crippen molar-refractivity contribution in [3.63, 3.8) is 0 Å². The van der Waals surface area contributed by atoms with Crippen LogP contribution in [0.15, 0.2) is 45.8 Å². The maximum Gasteiger partial charge on any atom is 0.364 e. The van der Waals surface area contributed by atoms with Crippen molar-refractivity contribution < 1.29 is 23.1 Å². The van der Waals surface area contributed by atoms with Gasteiger partial charge in [-0.2, -0.15) is 8.78 Å². The number of halogens is 3. The molecular weight excluding hydrogens is 334 g/mol. The number of alkyl halides is 3. The lowest BCUT2D eigenvalue weighted by Gasteiger charge is -2.10. The molecule has 23 heavy (non-hydrogen) atoms. The minimum absolute atomic E-state index is 0.181. The highest BCUT2D eigenvalue weighted by molar-refractivity contribution is 6.21. The second-order valence-electron chi connectivity index (χ2n) is 4.17. The van der Waals surface area contributed by atoms with Gasteiger partial charge in [-0.15, -0.1) is 0 Å². The van der Waals surface area contributed by atoms with Crippen molar-refractivity contribution >= 4 is 23.6 Å². The van der Waals surface area contributed by atoms with Crippen LogP contribution in [0.25, 0.3) is 27.8 Å². The van der Waals surface area contributed by atoms with E-state index in [0.717, 1.165) is 12.1 Å². The summed E-state index contributed by atoms with van der Waals surface area (Å²) in [6.07, 6.45) is 2.19. The highest BCUT2D eigenvalue weighted by Crippen LogP contribution is 2.34. The van der Waals surface area contributed by atoms with Gasteiger partial charge in [-0.05, 0) is 47.5 Å². The molecule has 10 heteroatoms. The molecule has 118 valence electrons. The third-order valence-electron chi connectivity index (χ3n) is 2.60. The van der Waals surface area contributed by atoms with Crippen LogP contribution in [0.4, 0.5) is 8.78 Å². The number of nitrogens with zero attached hydrogens (tertiary/aromatic N) is 4. The second-order valence-corrected chi connectivity index (χ2v) is 4.64. The van der Waals surface area contributed by atoms with Crippen LogP contribution in [0.1, 0.15) is 11.4 Å². The van der Waals surface area contributed by atoms with Gasteiger partial charge in [0.25, 0.3) is 0 Å². The average Bonchev–Trinajstić information content (AvgIpc) is 2.99. The topological polar surface area (TPSA) is 112 Å². The summed E-state index contributed by atoms with van der Waals surface area (Å²) in [6.45, 7) is 0. The van der Waals surface area contributed by atoms with Crippen LogP contribution in [-0.2, 0) is 10.2 Å². The van der Waals surface area contributed by atoms with Gasteiger partial charge in [0.15, 0.2) is 0 Å². The van der Waals surface area contributed by atoms with E-state index < -0.39 is 22.7 Å². The molecule has 0 aliphatic carbocycles. The smallest absolute Gasteiger partial charge is 0.364 e. The Bertz CT molecular complexity index is 805. The molecule has 0 radical (unpaired) electrons. The predicted molar refractivity (Wildman–Crippen MR) is 76.4 cm³/mol. The standard InChI is InChI=1S/C13H7ClF2N4O3/c14-13(15,16)11-5-7(10-2-1-3-23-10)4-8(18-11)6-9(12(21)22)19-20-17/h1-6H,(H,21,22). The molecule has 0 aliphatic heterocycles. The molecule has 2 aromatic heterocycles. The number of furan rings is 1. The normalized spacial score (nSPS) is 11.9. The molecule has 0 fully saturated rings. The molecule has 2 heterocycles. The Morgan fingerprint density at radius 1 is 1.52 bits per heavy atom. The maximum absolute atomic E-state index is 13.4. The molecule has 0 amide bonds. The Labute approximate surface area is 132 Å². The molecule has 7 nitrogen and oxygen atoms in total. The molecule has 2 rings (SSSR count). The van der Waals surface area contributed by atoms with Crippen molar-refractivity contribution in [1.82, 2.24) is 4.98 Å². The van der Waals surface area contributed by atoms with Crippen LogP contribution in [-0.4, -0.2) is 16.1 Å². The predicted octanol–water partition coefficient (Wildman–Crippen LogP) is 4.37. The van der Waals surface area contributed by atoms with Crippen LogP contribution in [0.3, 0.4) is 0 Å². The largest absolute Gasteiger partial charge is 0.478 e. The summed E-state index contributed by atoms with van der Waals surface area (Å²) >= 11 is 4.98. The van der Waals surface area contributed by atoms with Gasteiger partial charge in [0.1, 0.15) is 17.2 Å². The number of aromatic nitrogens is 1. The number of rotatable bonds is 5. The summed E-state index contributed by atoms with van der Waals surface area (Å²) in [5.41, 5.74) is 6.85. The lowest BCUT2D eigenvalue weighted by atomic mass is 10.1. The van der Waals surface area contributed by atoms with E-state index in [1.54, 1.807) is 6.07 Å². The minimum Gasteiger partial charge on any atom is -0.478 e. The first-order valence-corrected chi connectivity index (χ1v) is 6.32. The molecule has 0 unspecified atom stereocenters. The zero-order valence-corrected chi connectivity index (χ0v) is 11.9. The van der Waals surface area contributed by atoms with Gasteiger partial charge in [0, 0.05) is 10.5 Å². The van der Waals surface area contributed by atoms with Gasteiger partial charge in [-0.1, -0.05) is 5.11 Å². The van der Waals surface area contributed by atoms with E-state index >= 15 is 0 Å². The van der Waals surface area contributed by atoms with E-state index in [0.29, 0.717) is 0 Å². The van der Waals surface area contributed by atoms with E-state index in [1.807, 2.05) is 0 Å². The van der Waals surface area contributed by atoms with Gasteiger partial charge in [-0.25, -0.2) is 9.78 Å². The molecule has 0 aromatic carbocycles. The van der Waals surface area contributed by atoms with Crippen LogP contribution < -0.4 is 0 Å². The molecule has 0 bridgehead atoms. The number of carboxylic acid groups (broad SMARTS) is 1. The summed E-state index contributed by atoms with van der Waals surface area (Å²) in [6, 6.07) is 5.37. The number of aliphatic carboxylic acids is 1. The lowest BCUT2D eigenvalue weighted by Crippen LogP contribution is -2.08. The maximum atomic E-state index is 13.4. The highest BCUT2D eigenvalue weighted by atomic mass is 35.5. The highest BCUT2D eigenvalue weighted by Gasteiger charge is 2.30. The second kappa shape index (κ2) is 6.47. The number of hydrogen-bond acceptors (Lipinski definition) is 4. The van der Waals surface area contributed by atoms with Crippen LogP contribution in [0.2, 0.25) is 0 Å². The monoisotopic (exact) mass is 340 g/mol. The Kier molecular flexibility index (Phi) is 4.63. The van der Waals surface area contributed by atoms with Gasteiger partial charge < -0.3 is 9.52 Å². The van der Waals surface area contributed by atoms with Gasteiger partial charge in [0.05, 0.1) is 12.0 Å². The summed E-state index contributed by atoms with van der Waals surface area (Å²) in [5, 5.41) is 8.09. The first kappa shape index (κ1) is 16.5. The fourth-order valence-corrected chi connectivity index (χ4v) is 1.77. The van der Waals surface area contributed by atoms with Crippen molar-refractivity contribution in [3.05, 3.63) is 58.1 Å². The lowest BCUT2D eigenvalue weighted by molar-refractivity contribution is -0.132.